The predicted molar refractivity (Wildman–Crippen MR) is 110 cm³/mol. The lowest BCUT2D eigenvalue weighted by Gasteiger charge is -2.37. The van der Waals surface area contributed by atoms with E-state index < -0.39 is 18.4 Å². The van der Waals surface area contributed by atoms with E-state index in [0.29, 0.717) is 6.42 Å². The van der Waals surface area contributed by atoms with Crippen LogP contribution in [0.4, 0.5) is 4.79 Å². The number of likely N-dealkylation sites (tertiary alicyclic amines) is 1. The van der Waals surface area contributed by atoms with Gasteiger partial charge in [-0.3, -0.25) is 14.5 Å². The van der Waals surface area contributed by atoms with Gasteiger partial charge < -0.3 is 10.4 Å². The summed E-state index contributed by atoms with van der Waals surface area (Å²) in [5, 5.41) is 13.3. The van der Waals surface area contributed by atoms with Crippen LogP contribution in [0.2, 0.25) is 0 Å². The second-order valence-corrected chi connectivity index (χ2v) is 8.84. The van der Waals surface area contributed by atoms with E-state index in [4.69, 9.17) is 4.84 Å². The Bertz CT molecular complexity index is 724. The summed E-state index contributed by atoms with van der Waals surface area (Å²) in [6.07, 6.45) is 1.68. The van der Waals surface area contributed by atoms with Crippen LogP contribution in [0.5, 0.6) is 0 Å². The SMILES string of the molecule is CC(CC[C@H](NC(=O)O)C(=O)C1ON1[C@H](C)c1ccccc1)N1CCCC1(C)C. The summed E-state index contributed by atoms with van der Waals surface area (Å²) in [5.41, 5.74) is 1.20. The fourth-order valence-electron chi connectivity index (χ4n) is 4.55. The zero-order valence-electron chi connectivity index (χ0n) is 17.8. The molecule has 0 bridgehead atoms. The normalized spacial score (nSPS) is 26.5. The third kappa shape index (κ3) is 5.15. The molecule has 7 nitrogen and oxygen atoms in total. The largest absolute Gasteiger partial charge is 0.465 e. The van der Waals surface area contributed by atoms with E-state index in [1.54, 1.807) is 5.06 Å². The Morgan fingerprint density at radius 1 is 1.24 bits per heavy atom. The van der Waals surface area contributed by atoms with Crippen molar-refractivity contribution < 1.29 is 19.5 Å². The van der Waals surface area contributed by atoms with Crippen LogP contribution >= 0.6 is 0 Å². The number of carbonyl (C=O) groups is 2. The molecule has 2 aliphatic heterocycles. The van der Waals surface area contributed by atoms with Gasteiger partial charge in [-0.15, -0.1) is 5.06 Å². The van der Waals surface area contributed by atoms with Crippen LogP contribution < -0.4 is 5.32 Å². The standard InChI is InChI=1S/C22H33N3O4/c1-15(24-14-8-13-22(24,3)4)11-12-18(23-21(27)28)19(26)20-25(29-20)16(2)17-9-6-5-7-10-17/h5-7,9-10,15-16,18,20,23H,8,11-14H2,1-4H3,(H,27,28)/t15?,16-,18+,20?,25?/m1/s1. The molecule has 1 aromatic rings. The van der Waals surface area contributed by atoms with Gasteiger partial charge >= 0.3 is 6.09 Å². The van der Waals surface area contributed by atoms with E-state index in [-0.39, 0.29) is 23.4 Å². The minimum atomic E-state index is -1.18. The van der Waals surface area contributed by atoms with Crippen molar-refractivity contribution in [1.29, 1.82) is 0 Å². The lowest BCUT2D eigenvalue weighted by molar-refractivity contribution is -0.122. The zero-order chi connectivity index (χ0) is 21.2. The lowest BCUT2D eigenvalue weighted by Crippen LogP contribution is -2.47. The fourth-order valence-corrected chi connectivity index (χ4v) is 4.55. The molecule has 0 aliphatic carbocycles. The van der Waals surface area contributed by atoms with Crippen molar-refractivity contribution in [2.24, 2.45) is 0 Å². The van der Waals surface area contributed by atoms with Crippen LogP contribution in [0.1, 0.15) is 65.0 Å². The molecule has 3 rings (SSSR count). The number of hydrogen-bond acceptors (Lipinski definition) is 5. The van der Waals surface area contributed by atoms with Gasteiger partial charge in [-0.25, -0.2) is 4.79 Å². The number of carboxylic acid groups (broad SMARTS) is 1. The highest BCUT2D eigenvalue weighted by molar-refractivity contribution is 5.91. The molecule has 2 fully saturated rings. The number of hydrogen-bond donors (Lipinski definition) is 2. The highest BCUT2D eigenvalue weighted by atomic mass is 16.8. The van der Waals surface area contributed by atoms with Crippen LogP contribution in [0.15, 0.2) is 30.3 Å². The van der Waals surface area contributed by atoms with E-state index in [2.05, 4.69) is 31.0 Å². The number of ketones is 1. The molecule has 29 heavy (non-hydrogen) atoms. The van der Waals surface area contributed by atoms with Crippen LogP contribution in [0, 0.1) is 0 Å². The molecule has 3 unspecified atom stereocenters. The number of hydroxylamine groups is 2. The second kappa shape index (κ2) is 8.81. The summed E-state index contributed by atoms with van der Waals surface area (Å²) < 4.78 is 0. The topological polar surface area (TPSA) is 85.2 Å². The van der Waals surface area contributed by atoms with Gasteiger partial charge in [0.15, 0.2) is 0 Å². The molecule has 0 spiro atoms. The first-order valence-corrected chi connectivity index (χ1v) is 10.5. The van der Waals surface area contributed by atoms with Gasteiger partial charge in [-0.2, -0.15) is 0 Å². The highest BCUT2D eigenvalue weighted by Gasteiger charge is 2.49. The summed E-state index contributed by atoms with van der Waals surface area (Å²) in [7, 11) is 0. The Balaban J connectivity index is 1.58. The molecular formula is C22H33N3O4. The summed E-state index contributed by atoms with van der Waals surface area (Å²) in [5.74, 6) is -0.219. The number of carbonyl (C=O) groups excluding carboxylic acids is 1. The van der Waals surface area contributed by atoms with Gasteiger partial charge in [0.2, 0.25) is 12.0 Å². The number of nitrogens with zero attached hydrogens (tertiary/aromatic N) is 2. The molecular weight excluding hydrogens is 370 g/mol. The van der Waals surface area contributed by atoms with Gasteiger partial charge in [0.25, 0.3) is 0 Å². The Hall–Kier alpha value is -1.96. The van der Waals surface area contributed by atoms with E-state index >= 15 is 0 Å². The highest BCUT2D eigenvalue weighted by Crippen LogP contribution is 2.35. The van der Waals surface area contributed by atoms with E-state index in [1.165, 1.54) is 6.42 Å². The third-order valence-corrected chi connectivity index (χ3v) is 6.33. The molecule has 0 aromatic heterocycles. The average Bonchev–Trinajstić information content (AvgIpc) is 3.40. The molecule has 7 heteroatoms. The number of amides is 1. The molecule has 1 amide bonds. The molecule has 0 saturated carbocycles. The molecule has 2 heterocycles. The van der Waals surface area contributed by atoms with Crippen LogP contribution in [0.25, 0.3) is 0 Å². The van der Waals surface area contributed by atoms with Crippen LogP contribution in [-0.4, -0.2) is 57.3 Å². The number of nitrogens with one attached hydrogen (secondary N) is 1. The number of benzene rings is 1. The monoisotopic (exact) mass is 403 g/mol. The summed E-state index contributed by atoms with van der Waals surface area (Å²) in [4.78, 5) is 32.2. The van der Waals surface area contributed by atoms with Crippen molar-refractivity contribution in [2.75, 3.05) is 6.54 Å². The molecule has 5 atom stereocenters. The van der Waals surface area contributed by atoms with Crippen molar-refractivity contribution >= 4 is 11.9 Å². The Labute approximate surface area is 173 Å². The lowest BCUT2D eigenvalue weighted by atomic mass is 9.97. The molecule has 1 aromatic carbocycles. The predicted octanol–water partition coefficient (Wildman–Crippen LogP) is 3.57. The number of rotatable bonds is 9. The summed E-state index contributed by atoms with van der Waals surface area (Å²) >= 11 is 0. The Morgan fingerprint density at radius 3 is 2.52 bits per heavy atom. The maximum Gasteiger partial charge on any atom is 0.405 e. The van der Waals surface area contributed by atoms with Crippen LogP contribution in [0.3, 0.4) is 0 Å². The van der Waals surface area contributed by atoms with Crippen molar-refractivity contribution in [3.05, 3.63) is 35.9 Å². The first kappa shape index (κ1) is 21.7. The van der Waals surface area contributed by atoms with Crippen LogP contribution in [-0.2, 0) is 9.63 Å². The first-order chi connectivity index (χ1) is 13.7. The Morgan fingerprint density at radius 2 is 1.93 bits per heavy atom. The molecule has 0 radical (unpaired) electrons. The van der Waals surface area contributed by atoms with Crippen molar-refractivity contribution in [3.8, 4) is 0 Å². The quantitative estimate of drug-likeness (QED) is 0.613. The van der Waals surface area contributed by atoms with Gasteiger partial charge in [0.1, 0.15) is 0 Å². The van der Waals surface area contributed by atoms with Crippen molar-refractivity contribution in [1.82, 2.24) is 15.3 Å². The van der Waals surface area contributed by atoms with Gasteiger partial charge in [0, 0.05) is 11.6 Å². The van der Waals surface area contributed by atoms with E-state index in [9.17, 15) is 14.7 Å². The zero-order valence-corrected chi connectivity index (χ0v) is 17.8. The Kier molecular flexibility index (Phi) is 6.61. The van der Waals surface area contributed by atoms with Gasteiger partial charge in [-0.1, -0.05) is 30.3 Å². The summed E-state index contributed by atoms with van der Waals surface area (Å²) in [6, 6.07) is 9.26. The fraction of sp³-hybridized carbons (Fsp3) is 0.636. The first-order valence-electron chi connectivity index (χ1n) is 10.5. The minimum absolute atomic E-state index is 0.0695. The third-order valence-electron chi connectivity index (χ3n) is 6.33. The van der Waals surface area contributed by atoms with Gasteiger partial charge in [-0.05, 0) is 65.5 Å². The summed E-state index contributed by atoms with van der Waals surface area (Å²) in [6.45, 7) is 9.67. The molecule has 2 N–H and O–H groups in total. The van der Waals surface area contributed by atoms with E-state index in [1.807, 2.05) is 37.3 Å². The maximum absolute atomic E-state index is 12.9. The van der Waals surface area contributed by atoms with Crippen molar-refractivity contribution in [3.63, 3.8) is 0 Å². The minimum Gasteiger partial charge on any atom is -0.465 e. The van der Waals surface area contributed by atoms with Crippen molar-refractivity contribution in [2.45, 2.75) is 83.3 Å². The molecule has 2 aliphatic rings. The second-order valence-electron chi connectivity index (χ2n) is 8.84. The van der Waals surface area contributed by atoms with E-state index in [0.717, 1.165) is 24.9 Å². The maximum atomic E-state index is 12.9. The number of Topliss-reactive ketones (excluding diaryl/α,β-unsaturated/α-hetero) is 1. The van der Waals surface area contributed by atoms with Gasteiger partial charge in [0.05, 0.1) is 12.1 Å². The molecule has 160 valence electrons. The smallest absolute Gasteiger partial charge is 0.405 e. The molecule has 2 saturated heterocycles. The average molecular weight is 404 g/mol.